The summed E-state index contributed by atoms with van der Waals surface area (Å²) in [5.74, 6) is 0.867. The zero-order valence-corrected chi connectivity index (χ0v) is 18.8. The van der Waals surface area contributed by atoms with Crippen LogP contribution in [0, 0.1) is 5.41 Å². The highest BCUT2D eigenvalue weighted by Gasteiger charge is 2.31. The minimum absolute atomic E-state index is 0. The largest absolute Gasteiger partial charge is 0.356 e. The molecule has 6 heteroatoms. The van der Waals surface area contributed by atoms with Gasteiger partial charge in [0, 0.05) is 39.8 Å². The van der Waals surface area contributed by atoms with Crippen LogP contribution in [0.5, 0.6) is 0 Å². The van der Waals surface area contributed by atoms with Crippen LogP contribution in [0.3, 0.4) is 0 Å². The van der Waals surface area contributed by atoms with E-state index in [-0.39, 0.29) is 29.9 Å². The zero-order valence-electron chi connectivity index (χ0n) is 16.5. The predicted octanol–water partition coefficient (Wildman–Crippen LogP) is 3.64. The molecule has 0 aliphatic heterocycles. The van der Waals surface area contributed by atoms with E-state index >= 15 is 0 Å². The molecule has 1 amide bonds. The van der Waals surface area contributed by atoms with Crippen LogP contribution in [-0.4, -0.2) is 44.5 Å². The summed E-state index contributed by atoms with van der Waals surface area (Å²) in [7, 11) is 5.34. The number of nitrogens with zero attached hydrogens (tertiary/aromatic N) is 2. The number of aliphatic imine (C=N–C) groups is 1. The second-order valence-corrected chi connectivity index (χ2v) is 7.24. The summed E-state index contributed by atoms with van der Waals surface area (Å²) in [4.78, 5) is 17.8. The van der Waals surface area contributed by atoms with E-state index < -0.39 is 0 Å². The van der Waals surface area contributed by atoms with E-state index in [9.17, 15) is 4.79 Å². The van der Waals surface area contributed by atoms with Crippen LogP contribution in [0.4, 0.5) is 0 Å². The minimum atomic E-state index is 0. The van der Waals surface area contributed by atoms with Crippen molar-refractivity contribution in [3.63, 3.8) is 0 Å². The number of guanidine groups is 1. The molecule has 1 fully saturated rings. The lowest BCUT2D eigenvalue weighted by molar-refractivity contribution is 0.0827. The normalized spacial score (nSPS) is 15.9. The van der Waals surface area contributed by atoms with Gasteiger partial charge in [0.15, 0.2) is 5.96 Å². The lowest BCUT2D eigenvalue weighted by atomic mass is 9.83. The van der Waals surface area contributed by atoms with E-state index in [0.717, 1.165) is 18.1 Å². The molecule has 26 heavy (non-hydrogen) atoms. The number of benzene rings is 1. The molecule has 1 saturated carbocycles. The van der Waals surface area contributed by atoms with E-state index in [1.807, 2.05) is 24.3 Å². The highest BCUT2D eigenvalue weighted by Crippen LogP contribution is 2.40. The van der Waals surface area contributed by atoms with Gasteiger partial charge in [0.05, 0.1) is 0 Å². The molecule has 0 unspecified atom stereocenters. The van der Waals surface area contributed by atoms with Crippen molar-refractivity contribution in [1.29, 1.82) is 0 Å². The van der Waals surface area contributed by atoms with Gasteiger partial charge in [0.25, 0.3) is 5.91 Å². The lowest BCUT2D eigenvalue weighted by Crippen LogP contribution is -2.42. The van der Waals surface area contributed by atoms with Crippen LogP contribution in [0.25, 0.3) is 0 Å². The van der Waals surface area contributed by atoms with Crippen molar-refractivity contribution in [2.45, 2.75) is 45.6 Å². The first-order valence-electron chi connectivity index (χ1n) is 9.25. The Morgan fingerprint density at radius 3 is 2.27 bits per heavy atom. The van der Waals surface area contributed by atoms with Gasteiger partial charge in [-0.05, 0) is 42.4 Å². The van der Waals surface area contributed by atoms with Gasteiger partial charge in [-0.3, -0.25) is 9.79 Å². The van der Waals surface area contributed by atoms with Crippen LogP contribution in [0.15, 0.2) is 29.3 Å². The molecule has 0 bridgehead atoms. The van der Waals surface area contributed by atoms with Gasteiger partial charge in [-0.2, -0.15) is 0 Å². The number of hydrogen-bond acceptors (Lipinski definition) is 2. The van der Waals surface area contributed by atoms with Crippen molar-refractivity contribution < 1.29 is 4.79 Å². The van der Waals surface area contributed by atoms with E-state index in [1.54, 1.807) is 26.0 Å². The molecule has 1 aliphatic carbocycles. The standard InChI is InChI=1S/C20H32N4O.HI/c1-5-20(12-6-7-13-20)15-23-19(21-2)22-14-16-8-10-17(11-9-16)18(25)24(3)4;/h8-11H,5-7,12-15H2,1-4H3,(H2,21,22,23);1H. The van der Waals surface area contributed by atoms with Crippen LogP contribution in [-0.2, 0) is 6.54 Å². The third-order valence-corrected chi connectivity index (χ3v) is 5.34. The van der Waals surface area contributed by atoms with Gasteiger partial charge in [-0.15, -0.1) is 24.0 Å². The topological polar surface area (TPSA) is 56.7 Å². The molecule has 1 aromatic carbocycles. The quantitative estimate of drug-likeness (QED) is 0.378. The Kier molecular flexibility index (Phi) is 9.39. The molecule has 0 aromatic heterocycles. The Morgan fingerprint density at radius 2 is 1.77 bits per heavy atom. The SMILES string of the molecule is CCC1(CNC(=NC)NCc2ccc(C(=O)N(C)C)cc2)CCCC1.I. The molecule has 0 saturated heterocycles. The maximum Gasteiger partial charge on any atom is 0.253 e. The summed E-state index contributed by atoms with van der Waals surface area (Å²) >= 11 is 0. The van der Waals surface area contributed by atoms with Crippen LogP contribution < -0.4 is 10.6 Å². The van der Waals surface area contributed by atoms with Crippen molar-refractivity contribution in [1.82, 2.24) is 15.5 Å². The smallest absolute Gasteiger partial charge is 0.253 e. The first kappa shape index (κ1) is 22.7. The van der Waals surface area contributed by atoms with Gasteiger partial charge in [-0.25, -0.2) is 0 Å². The number of carbonyl (C=O) groups is 1. The van der Waals surface area contributed by atoms with Gasteiger partial charge in [0.2, 0.25) is 0 Å². The molecule has 1 aromatic rings. The van der Waals surface area contributed by atoms with E-state index in [2.05, 4.69) is 22.5 Å². The lowest BCUT2D eigenvalue weighted by Gasteiger charge is -2.28. The van der Waals surface area contributed by atoms with E-state index in [4.69, 9.17) is 0 Å². The number of rotatable bonds is 6. The molecule has 0 heterocycles. The van der Waals surface area contributed by atoms with Crippen molar-refractivity contribution in [2.75, 3.05) is 27.7 Å². The Labute approximate surface area is 175 Å². The van der Waals surface area contributed by atoms with Crippen molar-refractivity contribution in [2.24, 2.45) is 10.4 Å². The van der Waals surface area contributed by atoms with Crippen LogP contribution >= 0.6 is 24.0 Å². The Balaban J connectivity index is 0.00000338. The van der Waals surface area contributed by atoms with Gasteiger partial charge >= 0.3 is 0 Å². The van der Waals surface area contributed by atoms with Crippen molar-refractivity contribution >= 4 is 35.8 Å². The molecule has 0 spiro atoms. The summed E-state index contributed by atoms with van der Waals surface area (Å²) in [5, 5.41) is 6.86. The fourth-order valence-corrected chi connectivity index (χ4v) is 3.48. The van der Waals surface area contributed by atoms with E-state index in [0.29, 0.717) is 17.5 Å². The number of amides is 1. The monoisotopic (exact) mass is 472 g/mol. The van der Waals surface area contributed by atoms with Crippen molar-refractivity contribution in [3.8, 4) is 0 Å². The summed E-state index contributed by atoms with van der Waals surface area (Å²) in [6.07, 6.45) is 6.54. The summed E-state index contributed by atoms with van der Waals surface area (Å²) < 4.78 is 0. The second-order valence-electron chi connectivity index (χ2n) is 7.24. The molecule has 146 valence electrons. The molecule has 2 N–H and O–H groups in total. The number of carbonyl (C=O) groups excluding carboxylic acids is 1. The Bertz CT molecular complexity index is 592. The molecule has 5 nitrogen and oxygen atoms in total. The zero-order chi connectivity index (χ0) is 18.3. The molecule has 2 rings (SSSR count). The first-order valence-corrected chi connectivity index (χ1v) is 9.25. The summed E-state index contributed by atoms with van der Waals surface area (Å²) in [6.45, 7) is 3.97. The highest BCUT2D eigenvalue weighted by molar-refractivity contribution is 14.0. The maximum absolute atomic E-state index is 11.9. The Morgan fingerprint density at radius 1 is 1.15 bits per heavy atom. The van der Waals surface area contributed by atoms with Crippen LogP contribution in [0.2, 0.25) is 0 Å². The number of halogens is 1. The second kappa shape index (κ2) is 10.7. The predicted molar refractivity (Wildman–Crippen MR) is 119 cm³/mol. The average molecular weight is 472 g/mol. The third-order valence-electron chi connectivity index (χ3n) is 5.34. The fraction of sp³-hybridized carbons (Fsp3) is 0.600. The van der Waals surface area contributed by atoms with E-state index in [1.165, 1.54) is 32.1 Å². The third kappa shape index (κ3) is 6.14. The van der Waals surface area contributed by atoms with Crippen LogP contribution in [0.1, 0.15) is 54.9 Å². The van der Waals surface area contributed by atoms with Crippen molar-refractivity contribution in [3.05, 3.63) is 35.4 Å². The molecule has 0 radical (unpaired) electrons. The molecule has 1 aliphatic rings. The first-order chi connectivity index (χ1) is 12.0. The van der Waals surface area contributed by atoms with Gasteiger partial charge in [-0.1, -0.05) is 31.9 Å². The number of nitrogens with one attached hydrogen (secondary N) is 2. The number of hydrogen-bond donors (Lipinski definition) is 2. The maximum atomic E-state index is 11.9. The van der Waals surface area contributed by atoms with Gasteiger partial charge < -0.3 is 15.5 Å². The molecule has 0 atom stereocenters. The molecular weight excluding hydrogens is 439 g/mol. The minimum Gasteiger partial charge on any atom is -0.356 e. The fourth-order valence-electron chi connectivity index (χ4n) is 3.48. The summed E-state index contributed by atoms with van der Waals surface area (Å²) in [6, 6.07) is 7.73. The summed E-state index contributed by atoms with van der Waals surface area (Å²) in [5.41, 5.74) is 2.28. The van der Waals surface area contributed by atoms with Gasteiger partial charge in [0.1, 0.15) is 0 Å². The molecular formula is C20H33IN4O. The average Bonchev–Trinajstić information content (AvgIpc) is 3.11. The Hall–Kier alpha value is -1.31. The highest BCUT2D eigenvalue weighted by atomic mass is 127.